The van der Waals surface area contributed by atoms with Gasteiger partial charge in [-0.2, -0.15) is 18.4 Å². The molecule has 1 atom stereocenters. The van der Waals surface area contributed by atoms with Crippen molar-refractivity contribution in [3.8, 4) is 6.07 Å². The zero-order chi connectivity index (χ0) is 13.9. The third kappa shape index (κ3) is 3.25. The first-order chi connectivity index (χ1) is 9.02. The van der Waals surface area contributed by atoms with Gasteiger partial charge in [0.25, 0.3) is 0 Å². The molecule has 0 spiro atoms. The molecule has 1 aliphatic rings. The number of hydrogen-bond acceptors (Lipinski definition) is 3. The summed E-state index contributed by atoms with van der Waals surface area (Å²) < 4.78 is 43.2. The largest absolute Gasteiger partial charge is 0.416 e. The third-order valence-corrected chi connectivity index (χ3v) is 3.06. The number of nitriles is 1. The lowest BCUT2D eigenvalue weighted by Crippen LogP contribution is -2.38. The van der Waals surface area contributed by atoms with E-state index in [-0.39, 0.29) is 0 Å². The quantitative estimate of drug-likeness (QED) is 0.828. The van der Waals surface area contributed by atoms with Crippen LogP contribution in [0.3, 0.4) is 0 Å². The molecule has 3 nitrogen and oxygen atoms in total. The molecule has 0 amide bonds. The molecule has 19 heavy (non-hydrogen) atoms. The van der Waals surface area contributed by atoms with Crippen LogP contribution in [-0.2, 0) is 10.9 Å². The second kappa shape index (κ2) is 5.59. The Bertz CT molecular complexity index is 476. The van der Waals surface area contributed by atoms with Crippen molar-refractivity contribution in [2.45, 2.75) is 12.2 Å². The number of hydrogen-bond donors (Lipinski definition) is 0. The molecule has 6 heteroatoms. The number of ether oxygens (including phenoxy) is 1. The van der Waals surface area contributed by atoms with Crippen LogP contribution in [0, 0.1) is 11.3 Å². The van der Waals surface area contributed by atoms with Crippen molar-refractivity contribution in [3.63, 3.8) is 0 Å². The van der Waals surface area contributed by atoms with Crippen molar-refractivity contribution in [1.29, 1.82) is 5.26 Å². The number of alkyl halides is 3. The fraction of sp³-hybridized carbons (Fsp3) is 0.462. The van der Waals surface area contributed by atoms with Crippen LogP contribution in [0.4, 0.5) is 13.2 Å². The minimum Gasteiger partial charge on any atom is -0.379 e. The number of morpholine rings is 1. The van der Waals surface area contributed by atoms with Crippen molar-refractivity contribution in [3.05, 3.63) is 35.4 Å². The van der Waals surface area contributed by atoms with Gasteiger partial charge in [0, 0.05) is 13.1 Å². The summed E-state index contributed by atoms with van der Waals surface area (Å²) in [4.78, 5) is 1.83. The van der Waals surface area contributed by atoms with Gasteiger partial charge in [0.2, 0.25) is 0 Å². The van der Waals surface area contributed by atoms with Crippen molar-refractivity contribution in [1.82, 2.24) is 4.90 Å². The van der Waals surface area contributed by atoms with Crippen LogP contribution in [0.5, 0.6) is 0 Å². The summed E-state index contributed by atoms with van der Waals surface area (Å²) in [6.45, 7) is 2.09. The Kier molecular flexibility index (Phi) is 4.08. The van der Waals surface area contributed by atoms with Gasteiger partial charge < -0.3 is 4.74 Å². The molecule has 1 fully saturated rings. The Balaban J connectivity index is 2.26. The van der Waals surface area contributed by atoms with Crippen LogP contribution in [0.2, 0.25) is 0 Å². The highest BCUT2D eigenvalue weighted by atomic mass is 19.4. The molecule has 1 aromatic rings. The van der Waals surface area contributed by atoms with Gasteiger partial charge in [-0.3, -0.25) is 4.90 Å². The van der Waals surface area contributed by atoms with Crippen LogP contribution in [0.1, 0.15) is 17.2 Å². The normalized spacial score (nSPS) is 18.8. The lowest BCUT2D eigenvalue weighted by Gasteiger charge is -2.30. The zero-order valence-electron chi connectivity index (χ0n) is 10.2. The Hall–Kier alpha value is -1.58. The Morgan fingerprint density at radius 1 is 1.26 bits per heavy atom. The van der Waals surface area contributed by atoms with Crippen LogP contribution >= 0.6 is 0 Å². The topological polar surface area (TPSA) is 36.3 Å². The summed E-state index contributed by atoms with van der Waals surface area (Å²) in [5.74, 6) is 0. The van der Waals surface area contributed by atoms with Gasteiger partial charge in [0.1, 0.15) is 6.04 Å². The molecular weight excluding hydrogens is 257 g/mol. The molecule has 0 N–H and O–H groups in total. The molecule has 102 valence electrons. The van der Waals surface area contributed by atoms with E-state index >= 15 is 0 Å². The molecular formula is C13H13F3N2O. The molecule has 0 radical (unpaired) electrons. The van der Waals surface area contributed by atoms with Gasteiger partial charge in [-0.15, -0.1) is 0 Å². The van der Waals surface area contributed by atoms with E-state index in [4.69, 9.17) is 4.74 Å². The fourth-order valence-electron chi connectivity index (χ4n) is 2.09. The summed E-state index contributed by atoms with van der Waals surface area (Å²) in [5, 5.41) is 9.21. The molecule has 0 saturated carbocycles. The van der Waals surface area contributed by atoms with Crippen LogP contribution in [-0.4, -0.2) is 31.2 Å². The van der Waals surface area contributed by atoms with Gasteiger partial charge in [0.05, 0.1) is 24.8 Å². The highest BCUT2D eigenvalue weighted by molar-refractivity contribution is 5.31. The SMILES string of the molecule is N#C[C@H](c1cccc(C(F)(F)F)c1)N1CCOCC1. The average Bonchev–Trinajstić information content (AvgIpc) is 2.40. The van der Waals surface area contributed by atoms with Crippen LogP contribution < -0.4 is 0 Å². The summed E-state index contributed by atoms with van der Waals surface area (Å²) >= 11 is 0. The zero-order valence-corrected chi connectivity index (χ0v) is 10.2. The van der Waals surface area contributed by atoms with Gasteiger partial charge in [-0.25, -0.2) is 0 Å². The first kappa shape index (κ1) is 13.8. The van der Waals surface area contributed by atoms with E-state index in [0.29, 0.717) is 31.9 Å². The Morgan fingerprint density at radius 2 is 1.95 bits per heavy atom. The van der Waals surface area contributed by atoms with E-state index < -0.39 is 17.8 Å². The standard InChI is InChI=1S/C13H13F3N2O/c14-13(15,16)11-3-1-2-10(8-11)12(9-17)18-4-6-19-7-5-18/h1-3,8,12H,4-7H2/t12-/m1/s1. The molecule has 1 aromatic carbocycles. The van der Waals surface area contributed by atoms with Gasteiger partial charge >= 0.3 is 6.18 Å². The maximum Gasteiger partial charge on any atom is 0.416 e. The Morgan fingerprint density at radius 3 is 2.53 bits per heavy atom. The maximum atomic E-state index is 12.7. The van der Waals surface area contributed by atoms with E-state index in [0.717, 1.165) is 12.1 Å². The van der Waals surface area contributed by atoms with Gasteiger partial charge in [0.15, 0.2) is 0 Å². The number of benzene rings is 1. The molecule has 0 aliphatic carbocycles. The molecule has 2 rings (SSSR count). The predicted octanol–water partition coefficient (Wildman–Crippen LogP) is 2.60. The van der Waals surface area contributed by atoms with Gasteiger partial charge in [-0.05, 0) is 17.7 Å². The minimum absolute atomic E-state index is 0.374. The number of rotatable bonds is 2. The summed E-state index contributed by atoms with van der Waals surface area (Å²) in [6, 6.07) is 6.36. The summed E-state index contributed by atoms with van der Waals surface area (Å²) in [7, 11) is 0. The van der Waals surface area contributed by atoms with E-state index in [1.807, 2.05) is 4.90 Å². The summed E-state index contributed by atoms with van der Waals surface area (Å²) in [5.41, 5.74) is -0.349. The maximum absolute atomic E-state index is 12.7. The first-order valence-corrected chi connectivity index (χ1v) is 5.91. The second-order valence-electron chi connectivity index (χ2n) is 4.30. The average molecular weight is 270 g/mol. The van der Waals surface area contributed by atoms with Crippen molar-refractivity contribution in [2.24, 2.45) is 0 Å². The Labute approximate surface area is 109 Å². The lowest BCUT2D eigenvalue weighted by molar-refractivity contribution is -0.137. The number of halogens is 3. The monoisotopic (exact) mass is 270 g/mol. The smallest absolute Gasteiger partial charge is 0.379 e. The minimum atomic E-state index is -4.39. The van der Waals surface area contributed by atoms with Crippen molar-refractivity contribution >= 4 is 0 Å². The van der Waals surface area contributed by atoms with Crippen LogP contribution in [0.25, 0.3) is 0 Å². The molecule has 1 heterocycles. The van der Waals surface area contributed by atoms with Crippen LogP contribution in [0.15, 0.2) is 24.3 Å². The van der Waals surface area contributed by atoms with E-state index in [1.54, 1.807) is 6.07 Å². The molecule has 0 bridgehead atoms. The van der Waals surface area contributed by atoms with E-state index in [2.05, 4.69) is 6.07 Å². The summed E-state index contributed by atoms with van der Waals surface area (Å²) in [6.07, 6.45) is -4.39. The molecule has 0 unspecified atom stereocenters. The van der Waals surface area contributed by atoms with E-state index in [1.165, 1.54) is 6.07 Å². The van der Waals surface area contributed by atoms with Crippen molar-refractivity contribution in [2.75, 3.05) is 26.3 Å². The first-order valence-electron chi connectivity index (χ1n) is 5.91. The third-order valence-electron chi connectivity index (χ3n) is 3.06. The lowest BCUT2D eigenvalue weighted by atomic mass is 10.0. The fourth-order valence-corrected chi connectivity index (χ4v) is 2.09. The van der Waals surface area contributed by atoms with Crippen molar-refractivity contribution < 1.29 is 17.9 Å². The molecule has 0 aromatic heterocycles. The second-order valence-corrected chi connectivity index (χ2v) is 4.30. The van der Waals surface area contributed by atoms with Gasteiger partial charge in [-0.1, -0.05) is 12.1 Å². The highest BCUT2D eigenvalue weighted by Crippen LogP contribution is 2.31. The molecule has 1 aliphatic heterocycles. The number of nitrogens with zero attached hydrogens (tertiary/aromatic N) is 2. The predicted molar refractivity (Wildman–Crippen MR) is 62.2 cm³/mol. The highest BCUT2D eigenvalue weighted by Gasteiger charge is 2.31. The van der Waals surface area contributed by atoms with E-state index in [9.17, 15) is 18.4 Å². The molecule has 1 saturated heterocycles.